The van der Waals surface area contributed by atoms with Crippen molar-refractivity contribution < 1.29 is 4.21 Å². The Morgan fingerprint density at radius 2 is 2.31 bits per heavy atom. The number of nitrogens with one attached hydrogen (secondary N) is 1. The quantitative estimate of drug-likeness (QED) is 0.732. The molecule has 1 N–H and O–H groups in total. The highest BCUT2D eigenvalue weighted by atomic mass is 32.2. The van der Waals surface area contributed by atoms with Gasteiger partial charge < -0.3 is 0 Å². The summed E-state index contributed by atoms with van der Waals surface area (Å²) in [4.78, 5) is 4.09. The first-order valence-electron chi connectivity index (χ1n) is 4.11. The largest absolute Gasteiger partial charge is 0.246 e. The van der Waals surface area contributed by atoms with Crippen molar-refractivity contribution in [3.8, 4) is 0 Å². The van der Waals surface area contributed by atoms with E-state index in [1.165, 1.54) is 0 Å². The summed E-state index contributed by atoms with van der Waals surface area (Å²) in [5.74, 6) is 3.57. The lowest BCUT2D eigenvalue weighted by Gasteiger charge is -2.06. The van der Waals surface area contributed by atoms with E-state index >= 15 is 0 Å². The fourth-order valence-corrected chi connectivity index (χ4v) is 1.64. The monoisotopic (exact) mass is 198 g/mol. The lowest BCUT2D eigenvalue weighted by Crippen LogP contribution is -2.19. The van der Waals surface area contributed by atoms with E-state index in [9.17, 15) is 4.21 Å². The van der Waals surface area contributed by atoms with Crippen LogP contribution in [0.5, 0.6) is 0 Å². The lowest BCUT2D eigenvalue weighted by atomic mass is 10.2. The highest BCUT2D eigenvalue weighted by molar-refractivity contribution is 7.98. The van der Waals surface area contributed by atoms with Crippen molar-refractivity contribution in [3.05, 3.63) is 23.9 Å². The van der Waals surface area contributed by atoms with Crippen LogP contribution in [0.15, 0.2) is 23.4 Å². The zero-order valence-electron chi connectivity index (χ0n) is 7.91. The normalized spacial score (nSPS) is 15.2. The summed E-state index contributed by atoms with van der Waals surface area (Å²) in [5, 5.41) is 0.507. The van der Waals surface area contributed by atoms with Crippen LogP contribution in [-0.2, 0) is 16.1 Å². The molecule has 0 aliphatic heterocycles. The van der Waals surface area contributed by atoms with Gasteiger partial charge in [-0.25, -0.2) is 13.9 Å². The molecule has 72 valence electrons. The van der Waals surface area contributed by atoms with Crippen molar-refractivity contribution in [2.24, 2.45) is 0 Å². The van der Waals surface area contributed by atoms with Gasteiger partial charge in [-0.3, -0.25) is 0 Å². The van der Waals surface area contributed by atoms with Crippen molar-refractivity contribution in [1.82, 2.24) is 9.71 Å². The molecule has 0 radical (unpaired) electrons. The topological polar surface area (TPSA) is 42.0 Å². The first kappa shape index (κ1) is 10.2. The first-order valence-corrected chi connectivity index (χ1v) is 5.83. The van der Waals surface area contributed by atoms with Crippen LogP contribution in [0.2, 0.25) is 0 Å². The van der Waals surface area contributed by atoms with Gasteiger partial charge in [-0.1, -0.05) is 13.0 Å². The third-order valence-corrected chi connectivity index (χ3v) is 3.45. The summed E-state index contributed by atoms with van der Waals surface area (Å²) >= 11 is 0. The van der Waals surface area contributed by atoms with E-state index in [4.69, 9.17) is 0 Å². The van der Waals surface area contributed by atoms with Gasteiger partial charge >= 0.3 is 0 Å². The van der Waals surface area contributed by atoms with E-state index in [1.807, 2.05) is 6.07 Å². The maximum absolute atomic E-state index is 11.7. The van der Waals surface area contributed by atoms with E-state index in [-0.39, 0.29) is 0 Å². The number of hydrogen-bond donors (Lipinski definition) is 1. The van der Waals surface area contributed by atoms with Gasteiger partial charge in [-0.05, 0) is 31.0 Å². The highest BCUT2D eigenvalue weighted by Gasteiger charge is 2.04. The summed E-state index contributed by atoms with van der Waals surface area (Å²) in [6.45, 7) is 2.05. The van der Waals surface area contributed by atoms with Gasteiger partial charge in [-0.15, -0.1) is 0 Å². The summed E-state index contributed by atoms with van der Waals surface area (Å²) in [7, 11) is -0.768. The Balaban J connectivity index is 3.06. The zero-order valence-corrected chi connectivity index (χ0v) is 8.73. The van der Waals surface area contributed by atoms with Crippen molar-refractivity contribution in [1.29, 1.82) is 0 Å². The molecule has 0 fully saturated rings. The Labute approximate surface area is 79.3 Å². The van der Waals surface area contributed by atoms with Crippen LogP contribution >= 0.6 is 0 Å². The average molecular weight is 198 g/mol. The maximum Gasteiger partial charge on any atom is 0.132 e. The molecule has 13 heavy (non-hydrogen) atoms. The molecule has 1 heterocycles. The SMILES string of the molecule is C=S(=O)(NC)c1ccc(CC)cn1. The Morgan fingerprint density at radius 3 is 2.69 bits per heavy atom. The predicted octanol–water partition coefficient (Wildman–Crippen LogP) is 0.854. The number of rotatable bonds is 3. The second kappa shape index (κ2) is 3.89. The first-order chi connectivity index (χ1) is 6.10. The molecule has 4 heteroatoms. The minimum absolute atomic E-state index is 0.507. The molecule has 0 amide bonds. The van der Waals surface area contributed by atoms with Gasteiger partial charge in [0.1, 0.15) is 5.03 Å². The van der Waals surface area contributed by atoms with Gasteiger partial charge in [0.05, 0.1) is 9.71 Å². The van der Waals surface area contributed by atoms with Crippen molar-refractivity contribution in [3.63, 3.8) is 0 Å². The van der Waals surface area contributed by atoms with Crippen LogP contribution in [0.3, 0.4) is 0 Å². The fraction of sp³-hybridized carbons (Fsp3) is 0.333. The maximum atomic E-state index is 11.7. The number of hydrogen-bond acceptors (Lipinski definition) is 2. The van der Waals surface area contributed by atoms with Crippen LogP contribution in [0.25, 0.3) is 0 Å². The van der Waals surface area contributed by atoms with Crippen molar-refractivity contribution >= 4 is 15.6 Å². The van der Waals surface area contributed by atoms with Crippen LogP contribution in [0.1, 0.15) is 12.5 Å². The molecule has 1 aromatic rings. The zero-order chi connectivity index (χ0) is 9.90. The summed E-state index contributed by atoms with van der Waals surface area (Å²) in [5.41, 5.74) is 1.13. The second-order valence-electron chi connectivity index (χ2n) is 2.74. The molecule has 0 aliphatic rings. The third-order valence-electron chi connectivity index (χ3n) is 1.87. The Kier molecular flexibility index (Phi) is 3.06. The van der Waals surface area contributed by atoms with Crippen LogP contribution in [0, 0.1) is 0 Å². The van der Waals surface area contributed by atoms with Gasteiger partial charge in [0.15, 0.2) is 0 Å². The summed E-state index contributed by atoms with van der Waals surface area (Å²) in [6.07, 6.45) is 2.67. The molecule has 1 rings (SSSR count). The van der Waals surface area contributed by atoms with E-state index < -0.39 is 9.71 Å². The number of nitrogens with zero attached hydrogens (tertiary/aromatic N) is 1. The molecule has 0 spiro atoms. The lowest BCUT2D eigenvalue weighted by molar-refractivity contribution is 0.672. The van der Waals surface area contributed by atoms with Crippen LogP contribution < -0.4 is 4.72 Å². The van der Waals surface area contributed by atoms with Gasteiger partial charge in [0.2, 0.25) is 0 Å². The molecule has 1 aromatic heterocycles. The number of pyridine rings is 1. The van der Waals surface area contributed by atoms with E-state index in [0.717, 1.165) is 12.0 Å². The second-order valence-corrected chi connectivity index (χ2v) is 4.91. The van der Waals surface area contributed by atoms with Gasteiger partial charge in [-0.2, -0.15) is 0 Å². The summed E-state index contributed by atoms with van der Waals surface area (Å²) < 4.78 is 14.3. The molecule has 1 unspecified atom stereocenters. The molecule has 0 saturated carbocycles. The highest BCUT2D eigenvalue weighted by Crippen LogP contribution is 2.05. The Bertz CT molecular complexity index is 367. The van der Waals surface area contributed by atoms with Crippen molar-refractivity contribution in [2.75, 3.05) is 7.05 Å². The van der Waals surface area contributed by atoms with E-state index in [1.54, 1.807) is 19.3 Å². The minimum Gasteiger partial charge on any atom is -0.246 e. The third kappa shape index (κ3) is 2.29. The molecule has 0 aromatic carbocycles. The molecule has 1 atom stereocenters. The van der Waals surface area contributed by atoms with E-state index in [2.05, 4.69) is 22.5 Å². The number of aryl methyl sites for hydroxylation is 1. The van der Waals surface area contributed by atoms with Gasteiger partial charge in [0.25, 0.3) is 0 Å². The summed E-state index contributed by atoms with van der Waals surface area (Å²) in [6, 6.07) is 3.68. The molecular formula is C9H14N2OS. The minimum atomic E-state index is -2.38. The molecule has 0 saturated heterocycles. The van der Waals surface area contributed by atoms with Crippen LogP contribution in [0.4, 0.5) is 0 Å². The molecule has 3 nitrogen and oxygen atoms in total. The smallest absolute Gasteiger partial charge is 0.132 e. The number of aromatic nitrogens is 1. The van der Waals surface area contributed by atoms with Crippen LogP contribution in [-0.4, -0.2) is 22.1 Å². The van der Waals surface area contributed by atoms with E-state index in [0.29, 0.717) is 5.03 Å². The Hall–Kier alpha value is -0.870. The van der Waals surface area contributed by atoms with Crippen molar-refractivity contribution in [2.45, 2.75) is 18.4 Å². The standard InChI is InChI=1S/C9H14N2OS/c1-4-8-5-6-9(11-7-8)13(3,12)10-2/h5-7H,3-4H2,1-2H3,(H,10,12). The average Bonchev–Trinajstić information content (AvgIpc) is 2.18. The van der Waals surface area contributed by atoms with Gasteiger partial charge in [0, 0.05) is 6.20 Å². The molecular weight excluding hydrogens is 184 g/mol. The molecule has 0 bridgehead atoms. The Morgan fingerprint density at radius 1 is 1.62 bits per heavy atom. The molecule has 0 aliphatic carbocycles. The fourth-order valence-electron chi connectivity index (χ4n) is 0.920. The predicted molar refractivity (Wildman–Crippen MR) is 56.2 cm³/mol.